The summed E-state index contributed by atoms with van der Waals surface area (Å²) < 4.78 is 5.29. The fourth-order valence-electron chi connectivity index (χ4n) is 2.63. The van der Waals surface area contributed by atoms with Gasteiger partial charge in [-0.2, -0.15) is 0 Å². The van der Waals surface area contributed by atoms with Crippen molar-refractivity contribution < 1.29 is 9.84 Å². The van der Waals surface area contributed by atoms with E-state index in [0.29, 0.717) is 0 Å². The Bertz CT molecular complexity index is 830. The number of aromatic hydroxyl groups is 1. The molecule has 0 spiro atoms. The Morgan fingerprint density at radius 2 is 1.77 bits per heavy atom. The van der Waals surface area contributed by atoms with E-state index in [2.05, 4.69) is 37.3 Å². The molecular weight excluding hydrogens is 272 g/mol. The highest BCUT2D eigenvalue weighted by Gasteiger charge is 2.04. The van der Waals surface area contributed by atoms with Crippen molar-refractivity contribution in [3.63, 3.8) is 0 Å². The van der Waals surface area contributed by atoms with Gasteiger partial charge in [0.1, 0.15) is 11.5 Å². The Morgan fingerprint density at radius 3 is 2.50 bits per heavy atom. The van der Waals surface area contributed by atoms with E-state index in [0.717, 1.165) is 16.7 Å². The van der Waals surface area contributed by atoms with Gasteiger partial charge in [0.05, 0.1) is 7.11 Å². The standard InChI is InChI=1S/C20H18O2/c1-14(12-15-6-8-17(21)9-7-15)19-5-3-4-16-13-18(22-2)10-11-20(16)19/h3-13,21H,1-2H3. The van der Waals surface area contributed by atoms with Crippen molar-refractivity contribution in [3.8, 4) is 11.5 Å². The molecular formula is C20H18O2. The van der Waals surface area contributed by atoms with Gasteiger partial charge in [-0.3, -0.25) is 0 Å². The van der Waals surface area contributed by atoms with Crippen molar-refractivity contribution in [2.24, 2.45) is 0 Å². The minimum Gasteiger partial charge on any atom is -0.508 e. The molecule has 2 heteroatoms. The summed E-state index contributed by atoms with van der Waals surface area (Å²) in [5.74, 6) is 1.15. The number of ether oxygens (including phenoxy) is 1. The van der Waals surface area contributed by atoms with Crippen LogP contribution in [-0.2, 0) is 0 Å². The lowest BCUT2D eigenvalue weighted by atomic mass is 9.97. The number of phenolic OH excluding ortho intramolecular Hbond substituents is 1. The van der Waals surface area contributed by atoms with Gasteiger partial charge in [0.15, 0.2) is 0 Å². The maximum absolute atomic E-state index is 9.37. The molecule has 0 aliphatic heterocycles. The Balaban J connectivity index is 2.07. The Hall–Kier alpha value is -2.74. The molecule has 0 amide bonds. The molecule has 0 fully saturated rings. The van der Waals surface area contributed by atoms with Crippen LogP contribution < -0.4 is 4.74 Å². The summed E-state index contributed by atoms with van der Waals surface area (Å²) in [6.45, 7) is 2.10. The predicted octanol–water partition coefficient (Wildman–Crippen LogP) is 5.11. The molecule has 0 saturated carbocycles. The molecule has 110 valence electrons. The van der Waals surface area contributed by atoms with Gasteiger partial charge in [-0.25, -0.2) is 0 Å². The van der Waals surface area contributed by atoms with Gasteiger partial charge in [0.25, 0.3) is 0 Å². The average Bonchev–Trinajstić information content (AvgIpc) is 2.55. The minimum atomic E-state index is 0.284. The lowest BCUT2D eigenvalue weighted by Gasteiger charge is -2.09. The number of allylic oxidation sites excluding steroid dienone is 1. The number of phenols is 1. The molecule has 0 aliphatic carbocycles. The fourth-order valence-corrected chi connectivity index (χ4v) is 2.63. The minimum absolute atomic E-state index is 0.284. The van der Waals surface area contributed by atoms with Crippen LogP contribution in [-0.4, -0.2) is 12.2 Å². The third kappa shape index (κ3) is 2.82. The topological polar surface area (TPSA) is 29.5 Å². The van der Waals surface area contributed by atoms with E-state index < -0.39 is 0 Å². The smallest absolute Gasteiger partial charge is 0.119 e. The van der Waals surface area contributed by atoms with Gasteiger partial charge in [-0.05, 0) is 58.7 Å². The van der Waals surface area contributed by atoms with E-state index >= 15 is 0 Å². The highest BCUT2D eigenvalue weighted by Crippen LogP contribution is 2.29. The Kier molecular flexibility index (Phi) is 3.84. The SMILES string of the molecule is COc1ccc2c(C(C)=Cc3ccc(O)cc3)cccc2c1. The molecule has 3 aromatic rings. The molecule has 3 rings (SSSR count). The first-order valence-corrected chi connectivity index (χ1v) is 7.22. The van der Waals surface area contributed by atoms with E-state index in [4.69, 9.17) is 4.74 Å². The molecule has 0 aromatic heterocycles. The zero-order valence-corrected chi connectivity index (χ0v) is 12.7. The number of hydrogen-bond acceptors (Lipinski definition) is 2. The molecule has 0 aliphatic rings. The summed E-state index contributed by atoms with van der Waals surface area (Å²) in [4.78, 5) is 0. The predicted molar refractivity (Wildman–Crippen MR) is 92.2 cm³/mol. The number of benzene rings is 3. The number of rotatable bonds is 3. The van der Waals surface area contributed by atoms with Gasteiger partial charge in [-0.1, -0.05) is 42.5 Å². The number of hydrogen-bond donors (Lipinski definition) is 1. The molecule has 3 aromatic carbocycles. The molecule has 2 nitrogen and oxygen atoms in total. The van der Waals surface area contributed by atoms with Crippen LogP contribution in [0.5, 0.6) is 11.5 Å². The highest BCUT2D eigenvalue weighted by atomic mass is 16.5. The van der Waals surface area contributed by atoms with Gasteiger partial charge in [-0.15, -0.1) is 0 Å². The van der Waals surface area contributed by atoms with Crippen LogP contribution >= 0.6 is 0 Å². The second kappa shape index (κ2) is 5.94. The van der Waals surface area contributed by atoms with Gasteiger partial charge < -0.3 is 9.84 Å². The van der Waals surface area contributed by atoms with Crippen LogP contribution in [0.25, 0.3) is 22.4 Å². The quantitative estimate of drug-likeness (QED) is 0.679. The third-order valence-corrected chi connectivity index (χ3v) is 3.79. The van der Waals surface area contributed by atoms with Crippen LogP contribution in [0.4, 0.5) is 0 Å². The zero-order valence-electron chi connectivity index (χ0n) is 12.7. The second-order valence-corrected chi connectivity index (χ2v) is 5.31. The van der Waals surface area contributed by atoms with Crippen LogP contribution in [0.15, 0.2) is 60.7 Å². The van der Waals surface area contributed by atoms with Gasteiger partial charge in [0, 0.05) is 0 Å². The molecule has 0 bridgehead atoms. The first kappa shape index (κ1) is 14.2. The Labute approximate surface area is 130 Å². The van der Waals surface area contributed by atoms with Gasteiger partial charge in [0.2, 0.25) is 0 Å². The molecule has 22 heavy (non-hydrogen) atoms. The van der Waals surface area contributed by atoms with Gasteiger partial charge >= 0.3 is 0 Å². The average molecular weight is 290 g/mol. The second-order valence-electron chi connectivity index (χ2n) is 5.31. The molecule has 0 unspecified atom stereocenters. The maximum atomic E-state index is 9.37. The van der Waals surface area contributed by atoms with E-state index in [1.54, 1.807) is 19.2 Å². The van der Waals surface area contributed by atoms with E-state index in [1.807, 2.05) is 24.3 Å². The number of fused-ring (bicyclic) bond motifs is 1. The van der Waals surface area contributed by atoms with Crippen molar-refractivity contribution in [1.82, 2.24) is 0 Å². The van der Waals surface area contributed by atoms with Crippen molar-refractivity contribution in [3.05, 3.63) is 71.8 Å². The number of methoxy groups -OCH3 is 1. The van der Waals surface area contributed by atoms with E-state index in [-0.39, 0.29) is 5.75 Å². The van der Waals surface area contributed by atoms with Crippen LogP contribution in [0.3, 0.4) is 0 Å². The van der Waals surface area contributed by atoms with Crippen molar-refractivity contribution in [2.75, 3.05) is 7.11 Å². The van der Waals surface area contributed by atoms with E-state index in [9.17, 15) is 5.11 Å². The first-order chi connectivity index (χ1) is 10.7. The van der Waals surface area contributed by atoms with Crippen LogP contribution in [0, 0.1) is 0 Å². The van der Waals surface area contributed by atoms with Crippen LogP contribution in [0.2, 0.25) is 0 Å². The monoisotopic (exact) mass is 290 g/mol. The maximum Gasteiger partial charge on any atom is 0.119 e. The molecule has 1 N–H and O–H groups in total. The fraction of sp³-hybridized carbons (Fsp3) is 0.100. The summed E-state index contributed by atoms with van der Waals surface area (Å²) in [7, 11) is 1.68. The van der Waals surface area contributed by atoms with Crippen molar-refractivity contribution >= 4 is 22.4 Å². The molecule has 0 heterocycles. The van der Waals surface area contributed by atoms with Crippen molar-refractivity contribution in [1.29, 1.82) is 0 Å². The summed E-state index contributed by atoms with van der Waals surface area (Å²) in [6, 6.07) is 19.6. The molecule has 0 atom stereocenters. The molecule has 0 saturated heterocycles. The summed E-state index contributed by atoms with van der Waals surface area (Å²) >= 11 is 0. The largest absolute Gasteiger partial charge is 0.508 e. The summed E-state index contributed by atoms with van der Waals surface area (Å²) in [5, 5.41) is 11.7. The van der Waals surface area contributed by atoms with Crippen molar-refractivity contribution in [2.45, 2.75) is 6.92 Å². The zero-order chi connectivity index (χ0) is 15.5. The highest BCUT2D eigenvalue weighted by molar-refractivity contribution is 5.97. The summed E-state index contributed by atoms with van der Waals surface area (Å²) in [5.41, 5.74) is 3.45. The van der Waals surface area contributed by atoms with Crippen LogP contribution in [0.1, 0.15) is 18.1 Å². The normalized spacial score (nSPS) is 11.6. The van der Waals surface area contributed by atoms with E-state index in [1.165, 1.54) is 16.5 Å². The first-order valence-electron chi connectivity index (χ1n) is 7.22. The lowest BCUT2D eigenvalue weighted by molar-refractivity contribution is 0.415. The molecule has 0 radical (unpaired) electrons. The third-order valence-electron chi connectivity index (χ3n) is 3.79. The summed E-state index contributed by atoms with van der Waals surface area (Å²) in [6.07, 6.45) is 2.12. The lowest BCUT2D eigenvalue weighted by Crippen LogP contribution is -1.86. The Morgan fingerprint density at radius 1 is 1.00 bits per heavy atom.